The van der Waals surface area contributed by atoms with Gasteiger partial charge < -0.3 is 21.9 Å². The first-order valence-electron chi connectivity index (χ1n) is 11.3. The molecule has 0 spiro atoms. The summed E-state index contributed by atoms with van der Waals surface area (Å²) in [6.45, 7) is 2.90. The summed E-state index contributed by atoms with van der Waals surface area (Å²) in [7, 11) is -3.28. The minimum Gasteiger partial charge on any atom is -1.00 e. The van der Waals surface area contributed by atoms with Crippen LogP contribution in [0.25, 0.3) is 0 Å². The molecule has 0 N–H and O–H groups in total. The van der Waals surface area contributed by atoms with Crippen molar-refractivity contribution < 1.29 is 25.6 Å². The molecule has 36 heavy (non-hydrogen) atoms. The highest BCUT2D eigenvalue weighted by atomic mass is 35.5. The molecule has 0 radical (unpaired) electrons. The molecular formula is C25H26Cl2N5O3S-. The first kappa shape index (κ1) is 27.7. The van der Waals surface area contributed by atoms with Gasteiger partial charge in [0.05, 0.1) is 36.0 Å². The standard InChI is InChI=1S/C25H26ClN5O3S.ClH/c1-2-35(33,34)17-24-15-31(22-5-3-4-21(26)10-22)25(32)16-29(24)14-23-12-28-18-30(23)13-20-8-6-19(11-27)7-9-20;/h3-10,12,18,24H,2,13-17H2,1H3;1H/p-1. The predicted molar refractivity (Wildman–Crippen MR) is 135 cm³/mol. The molecule has 2 heterocycles. The summed E-state index contributed by atoms with van der Waals surface area (Å²) in [6, 6.07) is 16.1. The van der Waals surface area contributed by atoms with E-state index in [1.807, 2.05) is 21.6 Å². The first-order valence-corrected chi connectivity index (χ1v) is 13.5. The van der Waals surface area contributed by atoms with Crippen molar-refractivity contribution in [2.75, 3.05) is 29.5 Å². The Morgan fingerprint density at radius 1 is 1.17 bits per heavy atom. The molecule has 1 aliphatic rings. The van der Waals surface area contributed by atoms with Gasteiger partial charge in [0.2, 0.25) is 5.91 Å². The minimum absolute atomic E-state index is 0. The third-order valence-electron chi connectivity index (χ3n) is 6.15. The van der Waals surface area contributed by atoms with E-state index in [2.05, 4.69) is 11.1 Å². The van der Waals surface area contributed by atoms with E-state index in [0.29, 0.717) is 29.4 Å². The van der Waals surface area contributed by atoms with E-state index in [1.165, 1.54) is 0 Å². The van der Waals surface area contributed by atoms with E-state index in [4.69, 9.17) is 16.9 Å². The number of imidazole rings is 1. The zero-order valence-corrected chi connectivity index (χ0v) is 22.0. The number of sulfone groups is 1. The molecule has 1 aromatic heterocycles. The van der Waals surface area contributed by atoms with Crippen LogP contribution in [0, 0.1) is 11.3 Å². The fraction of sp³-hybridized carbons (Fsp3) is 0.320. The Kier molecular flexibility index (Phi) is 9.14. The second kappa shape index (κ2) is 11.9. The van der Waals surface area contributed by atoms with E-state index < -0.39 is 9.84 Å². The molecule has 1 amide bonds. The molecule has 190 valence electrons. The van der Waals surface area contributed by atoms with Gasteiger partial charge in [-0.2, -0.15) is 5.26 Å². The number of aromatic nitrogens is 2. The monoisotopic (exact) mass is 546 g/mol. The zero-order valence-electron chi connectivity index (χ0n) is 19.7. The Hall–Kier alpha value is -2.90. The lowest BCUT2D eigenvalue weighted by Crippen LogP contribution is -3.00. The van der Waals surface area contributed by atoms with Gasteiger partial charge in [0, 0.05) is 48.3 Å². The number of piperazine rings is 1. The molecule has 1 atom stereocenters. The summed E-state index contributed by atoms with van der Waals surface area (Å²) in [5.74, 6) is -0.119. The van der Waals surface area contributed by atoms with E-state index in [0.717, 1.165) is 11.3 Å². The Morgan fingerprint density at radius 2 is 1.92 bits per heavy atom. The summed E-state index contributed by atoms with van der Waals surface area (Å²) in [6.07, 6.45) is 3.46. The Labute approximate surface area is 222 Å². The van der Waals surface area contributed by atoms with Gasteiger partial charge in [0.15, 0.2) is 9.84 Å². The van der Waals surface area contributed by atoms with Crippen molar-refractivity contribution in [3.8, 4) is 6.07 Å². The quantitative estimate of drug-likeness (QED) is 0.397. The number of nitrogens with zero attached hydrogens (tertiary/aromatic N) is 5. The number of rotatable bonds is 8. The second-order valence-corrected chi connectivity index (χ2v) is 11.4. The molecule has 0 saturated carbocycles. The maximum atomic E-state index is 13.1. The number of halogens is 2. The van der Waals surface area contributed by atoms with Gasteiger partial charge in [0.25, 0.3) is 0 Å². The summed E-state index contributed by atoms with van der Waals surface area (Å²) in [5, 5.41) is 9.53. The van der Waals surface area contributed by atoms with Gasteiger partial charge in [-0.1, -0.05) is 36.7 Å². The molecule has 8 nitrogen and oxygen atoms in total. The molecule has 1 aliphatic heterocycles. The van der Waals surface area contributed by atoms with Gasteiger partial charge in [-0.15, -0.1) is 0 Å². The van der Waals surface area contributed by atoms with E-state index in [1.54, 1.807) is 60.7 Å². The highest BCUT2D eigenvalue weighted by Crippen LogP contribution is 2.25. The van der Waals surface area contributed by atoms with Crippen LogP contribution in [0.15, 0.2) is 61.1 Å². The second-order valence-electron chi connectivity index (χ2n) is 8.56. The largest absolute Gasteiger partial charge is 1.00 e. The topological polar surface area (TPSA) is 99.3 Å². The zero-order chi connectivity index (χ0) is 25.0. The maximum Gasteiger partial charge on any atom is 0.241 e. The molecular weight excluding hydrogens is 521 g/mol. The van der Waals surface area contributed by atoms with Crippen molar-refractivity contribution in [2.45, 2.75) is 26.1 Å². The van der Waals surface area contributed by atoms with Gasteiger partial charge in [-0.3, -0.25) is 9.69 Å². The summed E-state index contributed by atoms with van der Waals surface area (Å²) < 4.78 is 27.1. The molecule has 3 aromatic rings. The molecule has 2 aromatic carbocycles. The van der Waals surface area contributed by atoms with Crippen LogP contribution >= 0.6 is 11.6 Å². The van der Waals surface area contributed by atoms with Crippen molar-refractivity contribution >= 4 is 33.0 Å². The summed E-state index contributed by atoms with van der Waals surface area (Å²) in [4.78, 5) is 20.9. The molecule has 0 bridgehead atoms. The van der Waals surface area contributed by atoms with E-state index >= 15 is 0 Å². The predicted octanol–water partition coefficient (Wildman–Crippen LogP) is 0.113. The Bertz CT molecular complexity index is 1350. The average Bonchev–Trinajstić information content (AvgIpc) is 3.27. The smallest absolute Gasteiger partial charge is 0.241 e. The normalized spacial score (nSPS) is 16.4. The fourth-order valence-electron chi connectivity index (χ4n) is 4.18. The lowest BCUT2D eigenvalue weighted by molar-refractivity contribution is -0.122. The highest BCUT2D eigenvalue weighted by Gasteiger charge is 2.35. The summed E-state index contributed by atoms with van der Waals surface area (Å²) in [5.41, 5.74) is 3.13. The number of hydrogen-bond donors (Lipinski definition) is 0. The van der Waals surface area contributed by atoms with Crippen LogP contribution in [-0.2, 0) is 27.7 Å². The number of carbonyl (C=O) groups is 1. The van der Waals surface area contributed by atoms with Crippen molar-refractivity contribution in [2.24, 2.45) is 0 Å². The number of carbonyl (C=O) groups excluding carboxylic acids is 1. The first-order chi connectivity index (χ1) is 16.8. The van der Waals surface area contributed by atoms with Crippen LogP contribution in [0.1, 0.15) is 23.7 Å². The molecule has 4 rings (SSSR count). The maximum absolute atomic E-state index is 13.1. The van der Waals surface area contributed by atoms with Crippen LogP contribution < -0.4 is 17.3 Å². The van der Waals surface area contributed by atoms with Crippen molar-refractivity contribution in [1.29, 1.82) is 5.26 Å². The molecule has 1 saturated heterocycles. The lowest BCUT2D eigenvalue weighted by atomic mass is 10.1. The molecule has 1 unspecified atom stereocenters. The number of nitriles is 1. The van der Waals surface area contributed by atoms with Crippen molar-refractivity contribution in [3.05, 3.63) is 82.9 Å². The van der Waals surface area contributed by atoms with E-state index in [9.17, 15) is 13.2 Å². The van der Waals surface area contributed by atoms with E-state index in [-0.39, 0.29) is 49.0 Å². The molecule has 0 aliphatic carbocycles. The minimum atomic E-state index is -3.28. The molecule has 1 fully saturated rings. The summed E-state index contributed by atoms with van der Waals surface area (Å²) >= 11 is 6.13. The number of anilines is 1. The number of benzene rings is 2. The van der Waals surface area contributed by atoms with Gasteiger partial charge in [-0.05, 0) is 35.9 Å². The fourth-order valence-corrected chi connectivity index (χ4v) is 5.50. The van der Waals surface area contributed by atoms with Gasteiger partial charge in [-0.25, -0.2) is 13.4 Å². The Morgan fingerprint density at radius 3 is 2.58 bits per heavy atom. The lowest BCUT2D eigenvalue weighted by Gasteiger charge is -2.41. The number of hydrogen-bond acceptors (Lipinski definition) is 6. The van der Waals surface area contributed by atoms with Crippen LogP contribution in [0.2, 0.25) is 5.02 Å². The van der Waals surface area contributed by atoms with Crippen LogP contribution in [0.4, 0.5) is 5.69 Å². The third-order valence-corrected chi connectivity index (χ3v) is 8.16. The number of amides is 1. The van der Waals surface area contributed by atoms with Crippen molar-refractivity contribution in [3.63, 3.8) is 0 Å². The average molecular weight is 547 g/mol. The SMILES string of the molecule is CCS(=O)(=O)CC1CN(c2cccc(Cl)c2)C(=O)CN1Cc1cncn1Cc1ccc(C#N)cc1.[Cl-]. The molecule has 11 heteroatoms. The van der Waals surface area contributed by atoms with Gasteiger partial charge in [0.1, 0.15) is 0 Å². The highest BCUT2D eigenvalue weighted by molar-refractivity contribution is 7.91. The Balaban J connectivity index is 0.00000361. The third kappa shape index (κ3) is 6.65. The van der Waals surface area contributed by atoms with Crippen LogP contribution in [0.3, 0.4) is 0 Å². The van der Waals surface area contributed by atoms with Gasteiger partial charge >= 0.3 is 0 Å². The van der Waals surface area contributed by atoms with Crippen molar-refractivity contribution in [1.82, 2.24) is 14.5 Å². The van der Waals surface area contributed by atoms with Crippen LogP contribution in [0.5, 0.6) is 0 Å². The van der Waals surface area contributed by atoms with Crippen LogP contribution in [-0.4, -0.2) is 59.4 Å².